The number of benzene rings is 3. The van der Waals surface area contributed by atoms with Crippen molar-refractivity contribution in [2.75, 3.05) is 11.9 Å². The fourth-order valence-corrected chi connectivity index (χ4v) is 3.65. The third kappa shape index (κ3) is 6.80. The Morgan fingerprint density at radius 2 is 1.74 bits per heavy atom. The largest absolute Gasteiger partial charge is 0.436 e. The normalized spacial score (nSPS) is 14.6. The number of ether oxygens (including phenoxy) is 2. The Labute approximate surface area is 198 Å². The van der Waals surface area contributed by atoms with Gasteiger partial charge in [-0.3, -0.25) is 10.1 Å². The van der Waals surface area contributed by atoms with Crippen molar-refractivity contribution in [1.29, 1.82) is 5.26 Å². The molecular weight excluding hydrogens is 430 g/mol. The zero-order valence-corrected chi connectivity index (χ0v) is 18.8. The van der Waals surface area contributed by atoms with Crippen LogP contribution in [-0.2, 0) is 20.9 Å². The fraction of sp³-hybridized carbons (Fsp3) is 0.296. The maximum absolute atomic E-state index is 12.8. The highest BCUT2D eigenvalue weighted by molar-refractivity contribution is 5.92. The van der Waals surface area contributed by atoms with Gasteiger partial charge in [-0.1, -0.05) is 73.5 Å². The Balaban J connectivity index is 1.31. The Bertz CT molecular complexity index is 1170. The maximum Gasteiger partial charge on any atom is 0.412 e. The first-order chi connectivity index (χ1) is 16.6. The third-order valence-electron chi connectivity index (χ3n) is 5.65. The highest BCUT2D eigenvalue weighted by atomic mass is 16.6. The second-order valence-corrected chi connectivity index (χ2v) is 8.45. The summed E-state index contributed by atoms with van der Waals surface area (Å²) in [7, 11) is 0. The Hall–Kier alpha value is -3.89. The van der Waals surface area contributed by atoms with E-state index < -0.39 is 24.1 Å². The molecule has 1 aliphatic carbocycles. The van der Waals surface area contributed by atoms with E-state index in [1.54, 1.807) is 6.07 Å². The number of nitriles is 1. The van der Waals surface area contributed by atoms with E-state index in [1.165, 1.54) is 0 Å². The van der Waals surface area contributed by atoms with Gasteiger partial charge >= 0.3 is 6.09 Å². The zero-order chi connectivity index (χ0) is 23.8. The van der Waals surface area contributed by atoms with E-state index in [4.69, 9.17) is 9.47 Å². The molecule has 34 heavy (non-hydrogen) atoms. The van der Waals surface area contributed by atoms with Gasteiger partial charge in [-0.15, -0.1) is 0 Å². The van der Waals surface area contributed by atoms with Gasteiger partial charge in [-0.25, -0.2) is 4.79 Å². The van der Waals surface area contributed by atoms with Crippen molar-refractivity contribution < 1.29 is 19.1 Å². The summed E-state index contributed by atoms with van der Waals surface area (Å²) in [5, 5.41) is 16.8. The first-order valence-corrected chi connectivity index (χ1v) is 11.4. The SMILES string of the molecule is N#C[C@H](COCc1ccccc1)NC(=O)[C@H](CC1CC1)OC(=O)Nc1ccc2ccccc2c1. The molecule has 0 radical (unpaired) electrons. The van der Waals surface area contributed by atoms with Crippen LogP contribution in [0.4, 0.5) is 10.5 Å². The van der Waals surface area contributed by atoms with Crippen LogP contribution in [0.15, 0.2) is 72.8 Å². The van der Waals surface area contributed by atoms with Crippen molar-refractivity contribution >= 4 is 28.5 Å². The van der Waals surface area contributed by atoms with Crippen molar-refractivity contribution in [2.45, 2.75) is 38.0 Å². The molecule has 3 aromatic rings. The lowest BCUT2D eigenvalue weighted by Crippen LogP contribution is -2.45. The number of nitrogens with zero attached hydrogens (tertiary/aromatic N) is 1. The van der Waals surface area contributed by atoms with E-state index in [2.05, 4.69) is 10.6 Å². The van der Waals surface area contributed by atoms with E-state index in [0.29, 0.717) is 24.6 Å². The van der Waals surface area contributed by atoms with Crippen molar-refractivity contribution in [2.24, 2.45) is 5.92 Å². The molecular formula is C27H27N3O4. The van der Waals surface area contributed by atoms with Gasteiger partial charge in [0, 0.05) is 5.69 Å². The summed E-state index contributed by atoms with van der Waals surface area (Å²) in [6, 6.07) is 24.1. The summed E-state index contributed by atoms with van der Waals surface area (Å²) in [5.74, 6) is -0.144. The first kappa shape index (κ1) is 23.3. The molecule has 2 amide bonds. The summed E-state index contributed by atoms with van der Waals surface area (Å²) in [4.78, 5) is 25.4. The van der Waals surface area contributed by atoms with Crippen LogP contribution in [0.1, 0.15) is 24.8 Å². The summed E-state index contributed by atoms with van der Waals surface area (Å²) in [6.07, 6.45) is 0.755. The summed E-state index contributed by atoms with van der Waals surface area (Å²) in [6.45, 7) is 0.377. The molecule has 2 atom stereocenters. The number of amides is 2. The molecule has 1 saturated carbocycles. The lowest BCUT2D eigenvalue weighted by atomic mass is 10.1. The smallest absolute Gasteiger partial charge is 0.412 e. The van der Waals surface area contributed by atoms with Crippen LogP contribution in [-0.4, -0.2) is 30.8 Å². The van der Waals surface area contributed by atoms with Gasteiger partial charge in [0.15, 0.2) is 6.10 Å². The highest BCUT2D eigenvalue weighted by Gasteiger charge is 2.33. The Morgan fingerprint density at radius 1 is 1.00 bits per heavy atom. The molecule has 3 aromatic carbocycles. The molecule has 7 nitrogen and oxygen atoms in total. The van der Waals surface area contributed by atoms with Crippen molar-refractivity contribution in [3.8, 4) is 6.07 Å². The Kier molecular flexibility index (Phi) is 7.74. The summed E-state index contributed by atoms with van der Waals surface area (Å²) in [5.41, 5.74) is 1.56. The lowest BCUT2D eigenvalue weighted by molar-refractivity contribution is -0.130. The lowest BCUT2D eigenvalue weighted by Gasteiger charge is -2.20. The van der Waals surface area contributed by atoms with E-state index in [9.17, 15) is 14.9 Å². The van der Waals surface area contributed by atoms with Gasteiger partial charge in [-0.05, 0) is 40.8 Å². The second kappa shape index (κ2) is 11.3. The minimum absolute atomic E-state index is 0.0383. The quantitative estimate of drug-likeness (QED) is 0.456. The number of nitrogens with one attached hydrogen (secondary N) is 2. The van der Waals surface area contributed by atoms with Gasteiger partial charge < -0.3 is 14.8 Å². The molecule has 0 heterocycles. The minimum atomic E-state index is -0.974. The highest BCUT2D eigenvalue weighted by Crippen LogP contribution is 2.34. The van der Waals surface area contributed by atoms with Gasteiger partial charge in [0.05, 0.1) is 19.3 Å². The third-order valence-corrected chi connectivity index (χ3v) is 5.65. The van der Waals surface area contributed by atoms with Gasteiger partial charge in [0.1, 0.15) is 6.04 Å². The molecule has 0 bridgehead atoms. The number of rotatable bonds is 10. The molecule has 7 heteroatoms. The van der Waals surface area contributed by atoms with Crippen LogP contribution >= 0.6 is 0 Å². The molecule has 4 rings (SSSR count). The summed E-state index contributed by atoms with van der Waals surface area (Å²) >= 11 is 0. The minimum Gasteiger partial charge on any atom is -0.436 e. The molecule has 0 aliphatic heterocycles. The standard InChI is InChI=1S/C27H27N3O4/c28-16-24(18-33-17-20-6-2-1-3-7-20)29-26(31)25(14-19-10-11-19)34-27(32)30-23-13-12-21-8-4-5-9-22(21)15-23/h1-9,12-13,15,19,24-25H,10-11,14,17-18H2,(H,29,31)(H,30,32)/t24-,25+/m1/s1. The second-order valence-electron chi connectivity index (χ2n) is 8.45. The molecule has 0 spiro atoms. The van der Waals surface area contributed by atoms with Crippen LogP contribution < -0.4 is 10.6 Å². The maximum atomic E-state index is 12.8. The molecule has 2 N–H and O–H groups in total. The number of fused-ring (bicyclic) bond motifs is 1. The van der Waals surface area contributed by atoms with Crippen LogP contribution in [0, 0.1) is 17.2 Å². The topological polar surface area (TPSA) is 100 Å². The molecule has 0 aromatic heterocycles. The van der Waals surface area contributed by atoms with Crippen LogP contribution in [0.5, 0.6) is 0 Å². The number of hydrogen-bond donors (Lipinski definition) is 2. The van der Waals surface area contributed by atoms with E-state index in [1.807, 2.05) is 72.8 Å². The zero-order valence-electron chi connectivity index (χ0n) is 18.8. The van der Waals surface area contributed by atoms with Crippen molar-refractivity contribution in [3.05, 3.63) is 78.4 Å². The molecule has 1 aliphatic rings. The molecule has 174 valence electrons. The number of carbonyl (C=O) groups is 2. The van der Waals surface area contributed by atoms with Crippen LogP contribution in [0.25, 0.3) is 10.8 Å². The monoisotopic (exact) mass is 457 g/mol. The van der Waals surface area contributed by atoms with Gasteiger partial charge in [-0.2, -0.15) is 5.26 Å². The molecule has 0 saturated heterocycles. The average molecular weight is 458 g/mol. The van der Waals surface area contributed by atoms with E-state index in [0.717, 1.165) is 29.2 Å². The predicted octanol–water partition coefficient (Wildman–Crippen LogP) is 4.78. The fourth-order valence-electron chi connectivity index (χ4n) is 3.65. The van der Waals surface area contributed by atoms with Gasteiger partial charge in [0.25, 0.3) is 5.91 Å². The first-order valence-electron chi connectivity index (χ1n) is 11.4. The van der Waals surface area contributed by atoms with Crippen LogP contribution in [0.2, 0.25) is 0 Å². The number of carbonyl (C=O) groups excluding carboxylic acids is 2. The predicted molar refractivity (Wildman–Crippen MR) is 129 cm³/mol. The molecule has 0 unspecified atom stereocenters. The summed E-state index contributed by atoms with van der Waals surface area (Å²) < 4.78 is 11.1. The van der Waals surface area contributed by atoms with E-state index in [-0.39, 0.29) is 6.61 Å². The molecule has 1 fully saturated rings. The van der Waals surface area contributed by atoms with Crippen molar-refractivity contribution in [3.63, 3.8) is 0 Å². The number of anilines is 1. The van der Waals surface area contributed by atoms with Crippen molar-refractivity contribution in [1.82, 2.24) is 5.32 Å². The van der Waals surface area contributed by atoms with E-state index >= 15 is 0 Å². The average Bonchev–Trinajstić information content (AvgIpc) is 3.67. The van der Waals surface area contributed by atoms with Gasteiger partial charge in [0.2, 0.25) is 0 Å². The van der Waals surface area contributed by atoms with Crippen LogP contribution in [0.3, 0.4) is 0 Å². The Morgan fingerprint density at radius 3 is 2.47 bits per heavy atom. The number of hydrogen-bond acceptors (Lipinski definition) is 5.